The summed E-state index contributed by atoms with van der Waals surface area (Å²) in [5, 5.41) is 11.4. The molecule has 1 aliphatic rings. The molecule has 0 aromatic carbocycles. The lowest BCUT2D eigenvalue weighted by Crippen LogP contribution is -2.27. The number of rotatable bonds is 7. The molecule has 0 saturated carbocycles. The van der Waals surface area contributed by atoms with Crippen molar-refractivity contribution in [3.8, 4) is 17.3 Å². The fourth-order valence-corrected chi connectivity index (χ4v) is 4.08. The lowest BCUT2D eigenvalue weighted by atomic mass is 10.1. The lowest BCUT2D eigenvalue weighted by Gasteiger charge is -2.30. The normalized spacial score (nSPS) is 14.1. The van der Waals surface area contributed by atoms with E-state index < -0.39 is 5.60 Å². The molecule has 3 aromatic rings. The predicted octanol–water partition coefficient (Wildman–Crippen LogP) is 5.52. The van der Waals surface area contributed by atoms with Crippen LogP contribution < -0.4 is 9.64 Å². The van der Waals surface area contributed by atoms with E-state index in [1.165, 1.54) is 0 Å². The number of nitrogens with zero attached hydrogens (tertiary/aromatic N) is 5. The Morgan fingerprint density at radius 3 is 2.61 bits per heavy atom. The van der Waals surface area contributed by atoms with Crippen molar-refractivity contribution in [3.05, 3.63) is 81.3 Å². The van der Waals surface area contributed by atoms with E-state index in [0.29, 0.717) is 45.5 Å². The van der Waals surface area contributed by atoms with Gasteiger partial charge >= 0.3 is 0 Å². The number of pyridine rings is 2. The molecule has 0 spiro atoms. The van der Waals surface area contributed by atoms with Gasteiger partial charge < -0.3 is 19.5 Å². The molecule has 0 aliphatic carbocycles. The maximum Gasteiger partial charge on any atom is 0.213 e. The van der Waals surface area contributed by atoms with Gasteiger partial charge in [-0.2, -0.15) is 0 Å². The summed E-state index contributed by atoms with van der Waals surface area (Å²) in [6.07, 6.45) is 5.13. The minimum Gasteiger partial charge on any atom is -0.486 e. The molecule has 4 rings (SSSR count). The van der Waals surface area contributed by atoms with Crippen molar-refractivity contribution in [2.45, 2.75) is 39.9 Å². The van der Waals surface area contributed by atoms with Crippen LogP contribution in [-0.4, -0.2) is 38.7 Å². The fraction of sp³-hybridized carbons (Fsp3) is 0.308. The Labute approximate surface area is 220 Å². The number of aliphatic hydroxyl groups is 1. The van der Waals surface area contributed by atoms with Crippen LogP contribution in [-0.2, 0) is 16.9 Å². The van der Waals surface area contributed by atoms with E-state index in [0.717, 1.165) is 22.6 Å². The summed E-state index contributed by atoms with van der Waals surface area (Å²) in [5.74, 6) is 1.41. The molecule has 0 radical (unpaired) electrons. The van der Waals surface area contributed by atoms with Gasteiger partial charge in [0.25, 0.3) is 0 Å². The number of anilines is 1. The van der Waals surface area contributed by atoms with Crippen molar-refractivity contribution >= 4 is 28.9 Å². The van der Waals surface area contributed by atoms with E-state index in [9.17, 15) is 5.11 Å². The Kier molecular flexibility index (Phi) is 7.49. The van der Waals surface area contributed by atoms with E-state index in [-0.39, 0.29) is 6.61 Å². The van der Waals surface area contributed by atoms with E-state index in [2.05, 4.69) is 19.9 Å². The van der Waals surface area contributed by atoms with Crippen LogP contribution in [0, 0.1) is 6.92 Å². The average Bonchev–Trinajstić information content (AvgIpc) is 2.84. The molecule has 0 saturated heterocycles. The summed E-state index contributed by atoms with van der Waals surface area (Å²) in [6.45, 7) is 7.75. The fourth-order valence-electron chi connectivity index (χ4n) is 3.65. The third-order valence-corrected chi connectivity index (χ3v) is 6.18. The van der Waals surface area contributed by atoms with E-state index in [1.807, 2.05) is 43.0 Å². The average molecular weight is 528 g/mol. The van der Waals surface area contributed by atoms with Gasteiger partial charge in [-0.05, 0) is 45.4 Å². The summed E-state index contributed by atoms with van der Waals surface area (Å²) in [6, 6.07) is 7.36. The zero-order valence-corrected chi connectivity index (χ0v) is 22.2. The molecule has 188 valence electrons. The summed E-state index contributed by atoms with van der Waals surface area (Å²) < 4.78 is 11.1. The van der Waals surface area contributed by atoms with Crippen molar-refractivity contribution < 1.29 is 14.6 Å². The molecule has 4 heterocycles. The Balaban J connectivity index is 1.59. The number of hydrogen-bond acceptors (Lipinski definition) is 8. The summed E-state index contributed by atoms with van der Waals surface area (Å²) in [7, 11) is 1.57. The second-order valence-corrected chi connectivity index (χ2v) is 9.77. The molecule has 1 N–H and O–H groups in total. The second kappa shape index (κ2) is 10.4. The molecule has 10 heteroatoms. The first kappa shape index (κ1) is 25.9. The van der Waals surface area contributed by atoms with Crippen LogP contribution in [0.25, 0.3) is 11.4 Å². The summed E-state index contributed by atoms with van der Waals surface area (Å²) >= 11 is 13.2. The molecule has 0 amide bonds. The number of hydrogen-bond donors (Lipinski definition) is 1. The Hall–Kier alpha value is -3.20. The summed E-state index contributed by atoms with van der Waals surface area (Å²) in [5.41, 5.74) is 3.23. The Morgan fingerprint density at radius 2 is 1.89 bits per heavy atom. The Morgan fingerprint density at radius 1 is 1.11 bits per heavy atom. The van der Waals surface area contributed by atoms with Crippen molar-refractivity contribution in [1.82, 2.24) is 19.9 Å². The molecule has 0 unspecified atom stereocenters. The molecule has 0 bridgehead atoms. The van der Waals surface area contributed by atoms with Gasteiger partial charge in [-0.25, -0.2) is 15.0 Å². The van der Waals surface area contributed by atoms with Crippen molar-refractivity contribution in [2.24, 2.45) is 0 Å². The van der Waals surface area contributed by atoms with Crippen molar-refractivity contribution in [2.75, 3.05) is 18.6 Å². The monoisotopic (exact) mass is 527 g/mol. The standard InChI is InChI=1S/C26H27Cl2N5O3/c1-15-11-30-25(26(3,4)34)32-24(15)20-10-21(18(27)12-29-20)33-13-19(28)22(9-16(33)2)36-14-17-7-6-8-23(31-17)35-5/h6-12,34H,13-14H2,1-5H3. The topological polar surface area (TPSA) is 93.5 Å². The van der Waals surface area contributed by atoms with Crippen LogP contribution in [0.15, 0.2) is 59.2 Å². The van der Waals surface area contributed by atoms with Crippen LogP contribution in [0.5, 0.6) is 5.88 Å². The minimum absolute atomic E-state index is 0.253. The highest BCUT2D eigenvalue weighted by molar-refractivity contribution is 6.33. The number of halogens is 2. The van der Waals surface area contributed by atoms with Crippen molar-refractivity contribution in [3.63, 3.8) is 0 Å². The van der Waals surface area contributed by atoms with Gasteiger partial charge in [0, 0.05) is 30.2 Å². The molecule has 36 heavy (non-hydrogen) atoms. The third kappa shape index (κ3) is 5.61. The molecular weight excluding hydrogens is 501 g/mol. The lowest BCUT2D eigenvalue weighted by molar-refractivity contribution is 0.0688. The van der Waals surface area contributed by atoms with Crippen LogP contribution >= 0.6 is 23.2 Å². The molecule has 0 atom stereocenters. The molecule has 8 nitrogen and oxygen atoms in total. The number of aromatic nitrogens is 4. The van der Waals surface area contributed by atoms with Crippen molar-refractivity contribution in [1.29, 1.82) is 0 Å². The number of methoxy groups -OCH3 is 1. The van der Waals surface area contributed by atoms with Crippen LogP contribution in [0.4, 0.5) is 5.69 Å². The maximum atomic E-state index is 10.4. The summed E-state index contributed by atoms with van der Waals surface area (Å²) in [4.78, 5) is 19.7. The van der Waals surface area contributed by atoms with Gasteiger partial charge in [-0.15, -0.1) is 0 Å². The van der Waals surface area contributed by atoms with Crippen LogP contribution in [0.1, 0.15) is 37.9 Å². The minimum atomic E-state index is -1.18. The smallest absolute Gasteiger partial charge is 0.213 e. The van der Waals surface area contributed by atoms with E-state index in [1.54, 1.807) is 39.4 Å². The van der Waals surface area contributed by atoms with Gasteiger partial charge in [0.05, 0.1) is 46.5 Å². The molecule has 0 fully saturated rings. The molecule has 1 aliphatic heterocycles. The predicted molar refractivity (Wildman–Crippen MR) is 140 cm³/mol. The number of ether oxygens (including phenoxy) is 2. The Bertz CT molecular complexity index is 1350. The first-order chi connectivity index (χ1) is 17.1. The SMILES string of the molecule is COc1cccc(COC2=C(Cl)CN(c3cc(-c4nc(C(C)(C)O)ncc4C)ncc3Cl)C(C)=C2)n1. The van der Waals surface area contributed by atoms with E-state index in [4.69, 9.17) is 32.7 Å². The molecule has 3 aromatic heterocycles. The highest BCUT2D eigenvalue weighted by Gasteiger charge is 2.24. The maximum absolute atomic E-state index is 10.4. The van der Waals surface area contributed by atoms with Crippen LogP contribution in [0.2, 0.25) is 5.02 Å². The zero-order valence-electron chi connectivity index (χ0n) is 20.7. The second-order valence-electron chi connectivity index (χ2n) is 8.91. The largest absolute Gasteiger partial charge is 0.486 e. The first-order valence-electron chi connectivity index (χ1n) is 11.3. The van der Waals surface area contributed by atoms with Gasteiger partial charge in [-0.1, -0.05) is 29.3 Å². The zero-order chi connectivity index (χ0) is 26.0. The van der Waals surface area contributed by atoms with Gasteiger partial charge in [0.1, 0.15) is 18.0 Å². The first-order valence-corrected chi connectivity index (χ1v) is 12.0. The van der Waals surface area contributed by atoms with E-state index >= 15 is 0 Å². The highest BCUT2D eigenvalue weighted by atomic mass is 35.5. The highest BCUT2D eigenvalue weighted by Crippen LogP contribution is 2.36. The quantitative estimate of drug-likeness (QED) is 0.429. The molecular formula is C26H27Cl2N5O3. The van der Waals surface area contributed by atoms with Gasteiger partial charge in [-0.3, -0.25) is 4.98 Å². The van der Waals surface area contributed by atoms with Gasteiger partial charge in [0.2, 0.25) is 5.88 Å². The number of aryl methyl sites for hydroxylation is 1. The van der Waals surface area contributed by atoms with Gasteiger partial charge in [0.15, 0.2) is 5.82 Å². The third-order valence-electron chi connectivity index (χ3n) is 5.58. The van der Waals surface area contributed by atoms with Crippen LogP contribution in [0.3, 0.4) is 0 Å². The number of allylic oxidation sites excluding steroid dienone is 2.